The highest BCUT2D eigenvalue weighted by Gasteiger charge is 2.40. The number of nitrogens with zero attached hydrogens (tertiary/aromatic N) is 4. The van der Waals surface area contributed by atoms with Crippen LogP contribution in [0.4, 0.5) is 11.6 Å². The van der Waals surface area contributed by atoms with E-state index in [1.807, 2.05) is 29.2 Å². The van der Waals surface area contributed by atoms with Crippen LogP contribution in [0.3, 0.4) is 0 Å². The summed E-state index contributed by atoms with van der Waals surface area (Å²) in [6.45, 7) is 1.66. The standard InChI is InChI=1S/C21H23ClN8O3/c22-15-17(24)27-16(23)14(26-15)18(31)28-20-25-10-21(29-20)4-6-30(7-5-21)19(32)12-1-2-13-11(9-12)3-8-33-13/h1-3,8-9,11,13H,4-7,10H2,(H4,23,24,27)(H2,25,28,29,31). The number of nitrogen functional groups attached to an aromatic ring is 2. The topological polar surface area (TPSA) is 161 Å². The molecule has 12 heteroatoms. The minimum absolute atomic E-state index is 0.00903. The zero-order valence-electron chi connectivity index (χ0n) is 17.6. The number of carbonyl (C=O) groups excluding carboxylic acids is 2. The van der Waals surface area contributed by atoms with Crippen molar-refractivity contribution in [3.63, 3.8) is 0 Å². The summed E-state index contributed by atoms with van der Waals surface area (Å²) in [5, 5.41) is 5.86. The number of aromatic nitrogens is 2. The van der Waals surface area contributed by atoms with Crippen LogP contribution in [0, 0.1) is 5.92 Å². The number of amides is 2. The average Bonchev–Trinajstić information content (AvgIpc) is 3.43. The number of nitrogens with two attached hydrogens (primary N) is 2. The maximum absolute atomic E-state index is 13.0. The molecule has 1 spiro atoms. The van der Waals surface area contributed by atoms with Gasteiger partial charge in [0.25, 0.3) is 11.8 Å². The molecule has 1 aromatic heterocycles. The van der Waals surface area contributed by atoms with Gasteiger partial charge in [0.2, 0.25) is 0 Å². The number of ether oxygens (including phenoxy) is 1. The first-order chi connectivity index (χ1) is 15.8. The smallest absolute Gasteiger partial charge is 0.280 e. The zero-order chi connectivity index (χ0) is 23.2. The largest absolute Gasteiger partial charge is 0.493 e. The van der Waals surface area contributed by atoms with E-state index in [-0.39, 0.29) is 46.0 Å². The molecule has 172 valence electrons. The molecule has 0 saturated carbocycles. The van der Waals surface area contributed by atoms with Gasteiger partial charge in [-0.15, -0.1) is 0 Å². The summed E-state index contributed by atoms with van der Waals surface area (Å²) in [5.41, 5.74) is 11.5. The third kappa shape index (κ3) is 3.99. The van der Waals surface area contributed by atoms with Gasteiger partial charge in [-0.1, -0.05) is 23.8 Å². The molecule has 0 aromatic carbocycles. The van der Waals surface area contributed by atoms with Crippen molar-refractivity contribution in [2.45, 2.75) is 24.5 Å². The van der Waals surface area contributed by atoms with E-state index in [0.29, 0.717) is 44.0 Å². The molecule has 0 bridgehead atoms. The molecule has 1 aliphatic carbocycles. The van der Waals surface area contributed by atoms with Crippen LogP contribution in [0.1, 0.15) is 23.3 Å². The number of fused-ring (bicyclic) bond motifs is 1. The van der Waals surface area contributed by atoms with E-state index in [9.17, 15) is 9.59 Å². The van der Waals surface area contributed by atoms with Gasteiger partial charge in [0, 0.05) is 24.6 Å². The molecule has 5 rings (SSSR count). The number of guanidine groups is 1. The van der Waals surface area contributed by atoms with Crippen LogP contribution in [0.5, 0.6) is 0 Å². The fourth-order valence-corrected chi connectivity index (χ4v) is 4.49. The molecular formula is C21H23ClN8O3. The number of hydrogen-bond acceptors (Lipinski definition) is 9. The van der Waals surface area contributed by atoms with Gasteiger partial charge in [-0.3, -0.25) is 19.9 Å². The second kappa shape index (κ2) is 8.07. The summed E-state index contributed by atoms with van der Waals surface area (Å²) in [7, 11) is 0. The molecule has 2 atom stereocenters. The van der Waals surface area contributed by atoms with Crippen LogP contribution >= 0.6 is 11.6 Å². The summed E-state index contributed by atoms with van der Waals surface area (Å²) in [5.74, 6) is -0.304. The molecule has 2 unspecified atom stereocenters. The third-order valence-electron chi connectivity index (χ3n) is 6.28. The van der Waals surface area contributed by atoms with Crippen LogP contribution in [-0.2, 0) is 9.53 Å². The maximum atomic E-state index is 13.0. The number of nitrogens with one attached hydrogen (secondary N) is 2. The minimum Gasteiger partial charge on any atom is -0.493 e. The van der Waals surface area contributed by atoms with E-state index in [1.165, 1.54) is 0 Å². The summed E-state index contributed by atoms with van der Waals surface area (Å²) >= 11 is 5.85. The molecule has 1 fully saturated rings. The van der Waals surface area contributed by atoms with E-state index >= 15 is 0 Å². The number of rotatable bonds is 2. The Balaban J connectivity index is 1.17. The monoisotopic (exact) mass is 470 g/mol. The van der Waals surface area contributed by atoms with Crippen molar-refractivity contribution in [1.29, 1.82) is 0 Å². The molecular weight excluding hydrogens is 448 g/mol. The minimum atomic E-state index is -0.586. The molecule has 0 radical (unpaired) electrons. The average molecular weight is 471 g/mol. The SMILES string of the molecule is Nc1nc(N)c(C(=O)NC2=NCC3(CCN(C(=O)C4=CC5C=COC5C=C4)CC3)N2)nc1Cl. The van der Waals surface area contributed by atoms with Crippen LogP contribution in [-0.4, -0.2) is 63.9 Å². The summed E-state index contributed by atoms with van der Waals surface area (Å²) in [6, 6.07) is 0. The normalized spacial score (nSPS) is 24.6. The molecule has 6 N–H and O–H groups in total. The van der Waals surface area contributed by atoms with E-state index < -0.39 is 5.91 Å². The summed E-state index contributed by atoms with van der Waals surface area (Å²) < 4.78 is 5.46. The molecule has 3 aliphatic heterocycles. The summed E-state index contributed by atoms with van der Waals surface area (Å²) in [4.78, 5) is 39.5. The number of halogens is 1. The number of likely N-dealkylation sites (tertiary alicyclic amines) is 1. The van der Waals surface area contributed by atoms with Crippen LogP contribution in [0.25, 0.3) is 0 Å². The first-order valence-corrected chi connectivity index (χ1v) is 11.0. The van der Waals surface area contributed by atoms with E-state index in [2.05, 4.69) is 25.6 Å². The van der Waals surface area contributed by atoms with Crippen LogP contribution in [0.2, 0.25) is 5.15 Å². The summed E-state index contributed by atoms with van der Waals surface area (Å²) in [6.07, 6.45) is 10.7. The van der Waals surface area contributed by atoms with Gasteiger partial charge in [-0.2, -0.15) is 0 Å². The van der Waals surface area contributed by atoms with Gasteiger partial charge < -0.3 is 26.4 Å². The van der Waals surface area contributed by atoms with Gasteiger partial charge in [-0.25, -0.2) is 9.97 Å². The van der Waals surface area contributed by atoms with E-state index in [1.54, 1.807) is 6.26 Å². The van der Waals surface area contributed by atoms with Crippen LogP contribution < -0.4 is 22.1 Å². The predicted octanol–water partition coefficient (Wildman–Crippen LogP) is 0.370. The van der Waals surface area contributed by atoms with Crippen molar-refractivity contribution in [2.75, 3.05) is 31.1 Å². The molecule has 4 aliphatic rings. The Kier molecular flexibility index (Phi) is 5.20. The van der Waals surface area contributed by atoms with Crippen molar-refractivity contribution in [3.8, 4) is 0 Å². The van der Waals surface area contributed by atoms with Gasteiger partial charge in [0.05, 0.1) is 18.3 Å². The van der Waals surface area contributed by atoms with Gasteiger partial charge in [0.15, 0.2) is 28.4 Å². The fourth-order valence-electron chi connectivity index (χ4n) is 4.37. The molecule has 11 nitrogen and oxygen atoms in total. The number of aliphatic imine (C=N–C) groups is 1. The van der Waals surface area contributed by atoms with Gasteiger partial charge >= 0.3 is 0 Å². The predicted molar refractivity (Wildman–Crippen MR) is 122 cm³/mol. The second-order valence-electron chi connectivity index (χ2n) is 8.44. The Bertz CT molecular complexity index is 1140. The number of carbonyl (C=O) groups is 2. The zero-order valence-corrected chi connectivity index (χ0v) is 18.4. The highest BCUT2D eigenvalue weighted by molar-refractivity contribution is 6.31. The lowest BCUT2D eigenvalue weighted by Gasteiger charge is -2.39. The second-order valence-corrected chi connectivity index (χ2v) is 8.80. The number of anilines is 2. The van der Waals surface area contributed by atoms with Crippen LogP contribution in [0.15, 0.2) is 41.1 Å². The Labute approximate surface area is 194 Å². The highest BCUT2D eigenvalue weighted by Crippen LogP contribution is 2.30. The molecule has 4 heterocycles. The van der Waals surface area contributed by atoms with E-state index in [0.717, 1.165) is 0 Å². The molecule has 1 aromatic rings. The third-order valence-corrected chi connectivity index (χ3v) is 6.56. The Morgan fingerprint density at radius 1 is 1.21 bits per heavy atom. The first-order valence-electron chi connectivity index (χ1n) is 10.6. The Morgan fingerprint density at radius 2 is 2.00 bits per heavy atom. The van der Waals surface area contributed by atoms with Crippen molar-refractivity contribution < 1.29 is 14.3 Å². The first kappa shape index (κ1) is 21.3. The molecule has 1 saturated heterocycles. The lowest BCUT2D eigenvalue weighted by Crippen LogP contribution is -2.57. The Hall–Kier alpha value is -3.60. The number of hydrogen-bond donors (Lipinski definition) is 4. The quantitative estimate of drug-likeness (QED) is 0.482. The van der Waals surface area contributed by atoms with Crippen molar-refractivity contribution in [2.24, 2.45) is 10.9 Å². The van der Waals surface area contributed by atoms with Crippen molar-refractivity contribution >= 4 is 41.0 Å². The maximum Gasteiger partial charge on any atom is 0.280 e. The fraction of sp³-hybridized carbons (Fsp3) is 0.381. The molecule has 33 heavy (non-hydrogen) atoms. The lowest BCUT2D eigenvalue weighted by atomic mass is 9.87. The van der Waals surface area contributed by atoms with Gasteiger partial charge in [0.1, 0.15) is 6.10 Å². The van der Waals surface area contributed by atoms with Crippen molar-refractivity contribution in [3.05, 3.63) is 47.0 Å². The van der Waals surface area contributed by atoms with Gasteiger partial charge in [-0.05, 0) is 25.0 Å². The number of piperidine rings is 1. The van der Waals surface area contributed by atoms with E-state index in [4.69, 9.17) is 27.8 Å². The lowest BCUT2D eigenvalue weighted by molar-refractivity contribution is -0.128. The van der Waals surface area contributed by atoms with Crippen molar-refractivity contribution in [1.82, 2.24) is 25.5 Å². The Morgan fingerprint density at radius 3 is 2.79 bits per heavy atom. The molecule has 2 amide bonds. The highest BCUT2D eigenvalue weighted by atomic mass is 35.5.